The van der Waals surface area contributed by atoms with E-state index in [0.717, 1.165) is 0 Å². The van der Waals surface area contributed by atoms with Gasteiger partial charge in [0.25, 0.3) is 0 Å². The molecule has 0 bridgehead atoms. The van der Waals surface area contributed by atoms with Gasteiger partial charge in [-0.05, 0) is 11.6 Å². The SMILES string of the molecule is COC1(F)N(S(=O)(=O)O)C(F)=C(Cl)C(Cl)(S(=O)(=O)O)[N+]1(N)O. The molecule has 22 heavy (non-hydrogen) atoms. The number of halogens is 4. The normalized spacial score (nSPS) is 37.6. The summed E-state index contributed by atoms with van der Waals surface area (Å²) in [7, 11) is -11.4. The number of ether oxygens (including phenoxy) is 1. The molecule has 11 nitrogen and oxygen atoms in total. The van der Waals surface area contributed by atoms with Crippen LogP contribution in [0.5, 0.6) is 0 Å². The van der Waals surface area contributed by atoms with Gasteiger partial charge in [-0.25, -0.2) is 0 Å². The van der Waals surface area contributed by atoms with Gasteiger partial charge in [-0.2, -0.15) is 26.4 Å². The van der Waals surface area contributed by atoms with Gasteiger partial charge in [0, 0.05) is 11.9 Å². The van der Waals surface area contributed by atoms with Crippen molar-refractivity contribution in [3.05, 3.63) is 11.0 Å². The molecule has 1 aliphatic rings. The first-order chi connectivity index (χ1) is 9.50. The van der Waals surface area contributed by atoms with Gasteiger partial charge in [0.05, 0.1) is 0 Å². The van der Waals surface area contributed by atoms with Gasteiger partial charge in [0.15, 0.2) is 5.03 Å². The van der Waals surface area contributed by atoms with E-state index in [1.807, 2.05) is 0 Å². The van der Waals surface area contributed by atoms with E-state index in [2.05, 4.69) is 4.74 Å². The maximum Gasteiger partial charge on any atom is 0.518 e. The van der Waals surface area contributed by atoms with Gasteiger partial charge >= 0.3 is 30.9 Å². The molecule has 0 saturated heterocycles. The molecule has 0 amide bonds. The van der Waals surface area contributed by atoms with Crippen LogP contribution in [0.3, 0.4) is 0 Å². The fourth-order valence-corrected chi connectivity index (χ4v) is 3.85. The van der Waals surface area contributed by atoms with Crippen molar-refractivity contribution >= 4 is 43.6 Å². The standard InChI is InChI=1S/C5H7Cl2F2N3O8S2/c1-20-5(9)11(22(17,18)19)3(8)2(6)4(7,12(5,10)13)21(14,15)16/h13H,10H2,1H3,(H-,14,15,16,17,18,19)/p+1. The largest absolute Gasteiger partial charge is 0.518 e. The van der Waals surface area contributed by atoms with Crippen LogP contribution in [0.4, 0.5) is 8.78 Å². The Bertz CT molecular complexity index is 738. The molecule has 3 atom stereocenters. The van der Waals surface area contributed by atoms with Crippen LogP contribution >= 0.6 is 23.2 Å². The summed E-state index contributed by atoms with van der Waals surface area (Å²) in [5.74, 6) is 2.37. The Labute approximate surface area is 132 Å². The summed E-state index contributed by atoms with van der Waals surface area (Å²) < 4.78 is 86.2. The molecular formula is C5H8Cl2F2N3O8S2+. The van der Waals surface area contributed by atoms with E-state index < -0.39 is 50.9 Å². The van der Waals surface area contributed by atoms with Crippen LogP contribution in [0.2, 0.25) is 0 Å². The van der Waals surface area contributed by atoms with E-state index >= 15 is 0 Å². The van der Waals surface area contributed by atoms with Gasteiger partial charge < -0.3 is 0 Å². The predicted octanol–water partition coefficient (Wildman–Crippen LogP) is -0.430. The van der Waals surface area contributed by atoms with E-state index in [-0.39, 0.29) is 0 Å². The van der Waals surface area contributed by atoms with Crippen LogP contribution < -0.4 is 5.84 Å². The Balaban J connectivity index is 4.07. The molecule has 0 aromatic rings. The molecule has 130 valence electrons. The second kappa shape index (κ2) is 5.07. The van der Waals surface area contributed by atoms with Crippen LogP contribution in [0.25, 0.3) is 0 Å². The minimum absolute atomic E-state index is 0.308. The van der Waals surface area contributed by atoms with E-state index in [9.17, 15) is 30.8 Å². The minimum atomic E-state index is -5.87. The maximum absolute atomic E-state index is 14.7. The van der Waals surface area contributed by atoms with Crippen LogP contribution in [-0.2, 0) is 25.2 Å². The van der Waals surface area contributed by atoms with Crippen molar-refractivity contribution in [1.82, 2.24) is 4.31 Å². The average Bonchev–Trinajstić information content (AvgIpc) is 2.31. The number of nitrogens with zero attached hydrogens (tertiary/aromatic N) is 2. The molecule has 1 aliphatic heterocycles. The Morgan fingerprint density at radius 2 is 1.77 bits per heavy atom. The van der Waals surface area contributed by atoms with Crippen LogP contribution in [0.15, 0.2) is 11.0 Å². The predicted molar refractivity (Wildman–Crippen MR) is 64.6 cm³/mol. The highest BCUT2D eigenvalue weighted by molar-refractivity contribution is 7.88. The zero-order valence-corrected chi connectivity index (χ0v) is 13.3. The van der Waals surface area contributed by atoms with E-state index in [0.29, 0.717) is 7.11 Å². The number of rotatable bonds is 3. The van der Waals surface area contributed by atoms with Crippen LogP contribution in [0, 0.1) is 0 Å². The monoisotopic (exact) mass is 410 g/mol. The number of methoxy groups -OCH3 is 1. The summed E-state index contributed by atoms with van der Waals surface area (Å²) in [4.78, 5) is 0. The lowest BCUT2D eigenvalue weighted by atomic mass is 10.4. The van der Waals surface area contributed by atoms with Crippen molar-refractivity contribution in [2.24, 2.45) is 5.84 Å². The van der Waals surface area contributed by atoms with Crippen molar-refractivity contribution in [2.75, 3.05) is 7.11 Å². The van der Waals surface area contributed by atoms with E-state index in [1.165, 1.54) is 0 Å². The zero-order chi connectivity index (χ0) is 17.9. The number of hydrogen-bond acceptors (Lipinski definition) is 7. The highest BCUT2D eigenvalue weighted by Gasteiger charge is 2.82. The van der Waals surface area contributed by atoms with Gasteiger partial charge in [-0.1, -0.05) is 11.6 Å². The molecule has 1 rings (SSSR count). The zero-order valence-electron chi connectivity index (χ0n) is 10.2. The Morgan fingerprint density at radius 1 is 1.36 bits per heavy atom. The summed E-state index contributed by atoms with van der Waals surface area (Å²) in [5, 5.41) is 7.84. The molecule has 0 radical (unpaired) electrons. The van der Waals surface area contributed by atoms with Crippen molar-refractivity contribution in [3.8, 4) is 0 Å². The van der Waals surface area contributed by atoms with Crippen LogP contribution in [-0.4, -0.2) is 57.8 Å². The minimum Gasteiger partial charge on any atom is -0.279 e. The first-order valence-electron chi connectivity index (χ1n) is 4.64. The van der Waals surface area contributed by atoms with E-state index in [4.69, 9.17) is 38.2 Å². The lowest BCUT2D eigenvalue weighted by Crippen LogP contribution is -2.83. The van der Waals surface area contributed by atoms with E-state index in [1.54, 1.807) is 0 Å². The van der Waals surface area contributed by atoms with Crippen molar-refractivity contribution in [2.45, 2.75) is 10.4 Å². The Morgan fingerprint density at radius 3 is 2.05 bits per heavy atom. The lowest BCUT2D eigenvalue weighted by molar-refractivity contribution is -1.20. The quantitative estimate of drug-likeness (QED) is 0.158. The third-order valence-electron chi connectivity index (χ3n) is 2.57. The third-order valence-corrected chi connectivity index (χ3v) is 6.25. The molecule has 17 heteroatoms. The second-order valence-corrected chi connectivity index (χ2v) is 7.75. The van der Waals surface area contributed by atoms with Crippen molar-refractivity contribution in [1.29, 1.82) is 0 Å². The molecule has 0 spiro atoms. The summed E-state index contributed by atoms with van der Waals surface area (Å²) in [5.41, 5.74) is 0. The molecule has 0 aliphatic carbocycles. The van der Waals surface area contributed by atoms with Gasteiger partial charge in [0.2, 0.25) is 5.95 Å². The van der Waals surface area contributed by atoms with Gasteiger partial charge in [-0.15, -0.1) is 14.5 Å². The van der Waals surface area contributed by atoms with Crippen molar-refractivity contribution in [3.63, 3.8) is 0 Å². The third kappa shape index (κ3) is 2.20. The summed E-state index contributed by atoms with van der Waals surface area (Å²) in [6, 6.07) is 0. The van der Waals surface area contributed by atoms with Crippen LogP contribution in [0.1, 0.15) is 0 Å². The maximum atomic E-state index is 14.7. The first-order valence-corrected chi connectivity index (χ1v) is 8.23. The lowest BCUT2D eigenvalue weighted by Gasteiger charge is -2.47. The summed E-state index contributed by atoms with van der Waals surface area (Å²) in [6.07, 6.45) is -4.56. The highest BCUT2D eigenvalue weighted by Crippen LogP contribution is 2.53. The summed E-state index contributed by atoms with van der Waals surface area (Å²) in [6.45, 7) is 0. The summed E-state index contributed by atoms with van der Waals surface area (Å²) >= 11 is 10.4. The molecule has 0 saturated carbocycles. The Hall–Kier alpha value is -0.360. The Kier molecular flexibility index (Phi) is 4.53. The molecule has 5 N–H and O–H groups in total. The first kappa shape index (κ1) is 19.7. The van der Waals surface area contributed by atoms with Crippen molar-refractivity contribution < 1.29 is 49.4 Å². The molecule has 0 aromatic carbocycles. The fourth-order valence-electron chi connectivity index (χ4n) is 1.56. The molecule has 3 unspecified atom stereocenters. The molecular weight excluding hydrogens is 403 g/mol. The highest BCUT2D eigenvalue weighted by atomic mass is 35.5. The smallest absolute Gasteiger partial charge is 0.279 e. The number of quaternary nitrogens is 1. The molecule has 0 fully saturated rings. The molecule has 0 aromatic heterocycles. The van der Waals surface area contributed by atoms with Gasteiger partial charge in [-0.3, -0.25) is 13.8 Å². The number of nitrogens with two attached hydrogens (primary N) is 1. The number of alkyl halides is 2. The van der Waals surface area contributed by atoms with Gasteiger partial charge in [0.1, 0.15) is 0 Å². The number of hydrogen-bond donors (Lipinski definition) is 4. The number of hydroxylamine groups is 2. The second-order valence-electron chi connectivity index (χ2n) is 3.80. The average molecular weight is 411 g/mol. The topological polar surface area (TPSA) is 167 Å². The molecule has 1 heterocycles. The fraction of sp³-hybridized carbons (Fsp3) is 0.600.